The van der Waals surface area contributed by atoms with Crippen molar-refractivity contribution in [1.82, 2.24) is 21.3 Å². The molecular formula is C21H34IN5O9. The van der Waals surface area contributed by atoms with Crippen molar-refractivity contribution in [3.8, 4) is 0 Å². The third-order valence-electron chi connectivity index (χ3n) is 5.00. The molecule has 8 N–H and O–H groups in total. The molecule has 0 radical (unpaired) electrons. The van der Waals surface area contributed by atoms with Gasteiger partial charge in [-0.25, -0.2) is 0 Å². The molecule has 0 unspecified atom stereocenters. The van der Waals surface area contributed by atoms with Gasteiger partial charge in [0.25, 0.3) is 0 Å². The first kappa shape index (κ1) is 33.2. The SMILES string of the molecule is CC(C)[C@H](N)C(=O)N[C@@H](CC(=O)O)C(=O)N[C@H](C(=O)N[C@@H](C)C(=O)N[C@@H](CC(=O)O)C(=O)I)C(C)C. The Morgan fingerprint density at radius 2 is 1.14 bits per heavy atom. The van der Waals surface area contributed by atoms with Gasteiger partial charge in [-0.05, 0) is 18.8 Å². The van der Waals surface area contributed by atoms with E-state index in [9.17, 15) is 33.6 Å². The Hall–Kier alpha value is -2.82. The highest BCUT2D eigenvalue weighted by molar-refractivity contribution is 14.1. The molecule has 0 aliphatic heterocycles. The number of carboxylic acid groups (broad SMARTS) is 2. The topological polar surface area (TPSA) is 234 Å². The molecule has 14 nitrogen and oxygen atoms in total. The molecule has 0 spiro atoms. The van der Waals surface area contributed by atoms with Crippen LogP contribution in [-0.2, 0) is 33.6 Å². The Balaban J connectivity index is 5.44. The minimum absolute atomic E-state index is 0.280. The van der Waals surface area contributed by atoms with E-state index < -0.39 is 88.3 Å². The van der Waals surface area contributed by atoms with Crippen molar-refractivity contribution in [2.75, 3.05) is 0 Å². The van der Waals surface area contributed by atoms with Gasteiger partial charge in [-0.2, -0.15) is 0 Å². The molecule has 0 fully saturated rings. The zero-order valence-electron chi connectivity index (χ0n) is 20.7. The van der Waals surface area contributed by atoms with Crippen LogP contribution in [0.3, 0.4) is 0 Å². The number of rotatable bonds is 15. The fourth-order valence-electron chi connectivity index (χ4n) is 2.77. The molecule has 0 rings (SSSR count). The van der Waals surface area contributed by atoms with Crippen molar-refractivity contribution in [2.45, 2.75) is 77.7 Å². The lowest BCUT2D eigenvalue weighted by Crippen LogP contribution is -2.59. The molecule has 0 aliphatic rings. The quantitative estimate of drug-likeness (QED) is 0.0820. The van der Waals surface area contributed by atoms with Crippen LogP contribution in [0, 0.1) is 11.8 Å². The molecule has 5 atom stereocenters. The van der Waals surface area contributed by atoms with Gasteiger partial charge in [-0.3, -0.25) is 33.6 Å². The Kier molecular flexibility index (Phi) is 14.1. The molecule has 0 heterocycles. The summed E-state index contributed by atoms with van der Waals surface area (Å²) in [6.07, 6.45) is -1.40. The van der Waals surface area contributed by atoms with Gasteiger partial charge in [0.15, 0.2) is 0 Å². The number of nitrogens with two attached hydrogens (primary N) is 1. The summed E-state index contributed by atoms with van der Waals surface area (Å²) >= 11 is 1.35. The fourth-order valence-corrected chi connectivity index (χ4v) is 3.15. The molecule has 0 aromatic heterocycles. The number of nitrogens with one attached hydrogen (secondary N) is 4. The van der Waals surface area contributed by atoms with E-state index in [-0.39, 0.29) is 5.92 Å². The van der Waals surface area contributed by atoms with Crippen molar-refractivity contribution in [3.63, 3.8) is 0 Å². The lowest BCUT2D eigenvalue weighted by atomic mass is 10.0. The second-order valence-corrected chi connectivity index (χ2v) is 9.92. The third-order valence-corrected chi connectivity index (χ3v) is 5.75. The summed E-state index contributed by atoms with van der Waals surface area (Å²) in [5, 5.41) is 27.3. The number of halogens is 1. The van der Waals surface area contributed by atoms with Crippen LogP contribution >= 0.6 is 22.6 Å². The minimum atomic E-state index is -1.51. The summed E-state index contributed by atoms with van der Waals surface area (Å²) in [5.41, 5.74) is 5.75. The summed E-state index contributed by atoms with van der Waals surface area (Å²) in [7, 11) is 0. The number of aliphatic carboxylic acids is 2. The predicted molar refractivity (Wildman–Crippen MR) is 135 cm³/mol. The maximum absolute atomic E-state index is 12.8. The van der Waals surface area contributed by atoms with E-state index in [1.807, 2.05) is 0 Å². The number of hydrogen-bond acceptors (Lipinski definition) is 8. The predicted octanol–water partition coefficient (Wildman–Crippen LogP) is -1.50. The van der Waals surface area contributed by atoms with Crippen LogP contribution in [0.25, 0.3) is 0 Å². The number of carboxylic acids is 2. The van der Waals surface area contributed by atoms with E-state index in [0.29, 0.717) is 0 Å². The molecule has 0 aromatic rings. The first-order valence-electron chi connectivity index (χ1n) is 11.1. The molecule has 204 valence electrons. The van der Waals surface area contributed by atoms with Gasteiger partial charge in [-0.15, -0.1) is 0 Å². The maximum Gasteiger partial charge on any atom is 0.305 e. The van der Waals surface area contributed by atoms with E-state index in [2.05, 4.69) is 21.3 Å². The molecule has 0 bridgehead atoms. The third kappa shape index (κ3) is 11.7. The second kappa shape index (κ2) is 15.3. The van der Waals surface area contributed by atoms with Gasteiger partial charge in [-0.1, -0.05) is 27.7 Å². The van der Waals surface area contributed by atoms with Crippen LogP contribution in [0.1, 0.15) is 47.5 Å². The normalized spacial score (nSPS) is 15.1. The van der Waals surface area contributed by atoms with Gasteiger partial charge in [0, 0.05) is 22.6 Å². The number of carbonyl (C=O) groups is 7. The van der Waals surface area contributed by atoms with Crippen molar-refractivity contribution in [1.29, 1.82) is 0 Å². The molecular weight excluding hydrogens is 593 g/mol. The summed E-state index contributed by atoms with van der Waals surface area (Å²) in [4.78, 5) is 83.9. The van der Waals surface area contributed by atoms with Crippen molar-refractivity contribution in [3.05, 3.63) is 0 Å². The Morgan fingerprint density at radius 3 is 1.56 bits per heavy atom. The molecule has 36 heavy (non-hydrogen) atoms. The van der Waals surface area contributed by atoms with Crippen LogP contribution in [0.4, 0.5) is 0 Å². The maximum atomic E-state index is 12.8. The average Bonchev–Trinajstić information content (AvgIpc) is 2.74. The summed E-state index contributed by atoms with van der Waals surface area (Å²) in [5.74, 6) is -6.76. The van der Waals surface area contributed by atoms with Gasteiger partial charge in [0.2, 0.25) is 27.4 Å². The summed E-state index contributed by atoms with van der Waals surface area (Å²) in [6.45, 7) is 7.82. The van der Waals surface area contributed by atoms with Crippen molar-refractivity contribution in [2.24, 2.45) is 17.6 Å². The number of amides is 4. The van der Waals surface area contributed by atoms with Crippen molar-refractivity contribution < 1.29 is 43.8 Å². The number of hydrogen-bond donors (Lipinski definition) is 7. The highest BCUT2D eigenvalue weighted by Crippen LogP contribution is 2.07. The lowest BCUT2D eigenvalue weighted by Gasteiger charge is -2.27. The van der Waals surface area contributed by atoms with E-state index in [1.165, 1.54) is 29.5 Å². The smallest absolute Gasteiger partial charge is 0.305 e. The standard InChI is InChI=1S/C21H34IN5O9/c1-8(2)15(23)20(35)26-12(7-14(30)31)19(34)27-16(9(3)4)21(36)24-10(5)18(33)25-11(17(22)32)6-13(28)29/h8-12,15-16H,6-7,23H2,1-5H3,(H,24,36)(H,25,33)(H,26,35)(H,27,34)(H,28,29)(H,30,31)/t10-,11-,12-,15-,16-/m0/s1. The molecule has 0 aromatic carbocycles. The molecule has 0 saturated heterocycles. The monoisotopic (exact) mass is 627 g/mol. The highest BCUT2D eigenvalue weighted by Gasteiger charge is 2.33. The van der Waals surface area contributed by atoms with Crippen LogP contribution in [0.15, 0.2) is 0 Å². The first-order chi connectivity index (χ1) is 16.5. The Bertz CT molecular complexity index is 865. The van der Waals surface area contributed by atoms with E-state index in [0.717, 1.165) is 0 Å². The van der Waals surface area contributed by atoms with E-state index in [4.69, 9.17) is 15.9 Å². The zero-order valence-corrected chi connectivity index (χ0v) is 22.8. The zero-order chi connectivity index (χ0) is 28.3. The lowest BCUT2D eigenvalue weighted by molar-refractivity contribution is -0.141. The number of carbonyl (C=O) groups excluding carboxylic acids is 5. The fraction of sp³-hybridized carbons (Fsp3) is 0.667. The van der Waals surface area contributed by atoms with Crippen molar-refractivity contribution >= 4 is 61.9 Å². The largest absolute Gasteiger partial charge is 0.481 e. The molecule has 0 aliphatic carbocycles. The summed E-state index contributed by atoms with van der Waals surface area (Å²) < 4.78 is -0.613. The highest BCUT2D eigenvalue weighted by atomic mass is 127. The van der Waals surface area contributed by atoms with Crippen LogP contribution in [-0.4, -0.2) is 79.8 Å². The minimum Gasteiger partial charge on any atom is -0.481 e. The van der Waals surface area contributed by atoms with Gasteiger partial charge < -0.3 is 37.2 Å². The Labute approximate surface area is 222 Å². The molecule has 0 saturated carbocycles. The molecule has 15 heteroatoms. The summed E-state index contributed by atoms with van der Waals surface area (Å²) in [6, 6.07) is -6.23. The van der Waals surface area contributed by atoms with E-state index in [1.54, 1.807) is 27.7 Å². The Morgan fingerprint density at radius 1 is 0.667 bits per heavy atom. The first-order valence-corrected chi connectivity index (χ1v) is 12.2. The van der Waals surface area contributed by atoms with E-state index >= 15 is 0 Å². The second-order valence-electron chi connectivity index (χ2n) is 8.85. The van der Waals surface area contributed by atoms with Gasteiger partial charge in [0.1, 0.15) is 24.2 Å². The van der Waals surface area contributed by atoms with Crippen LogP contribution in [0.5, 0.6) is 0 Å². The van der Waals surface area contributed by atoms with Gasteiger partial charge in [0.05, 0.1) is 18.9 Å². The van der Waals surface area contributed by atoms with Crippen LogP contribution < -0.4 is 27.0 Å². The van der Waals surface area contributed by atoms with Crippen LogP contribution in [0.2, 0.25) is 0 Å². The van der Waals surface area contributed by atoms with Gasteiger partial charge >= 0.3 is 11.9 Å². The average molecular weight is 627 g/mol. The molecule has 4 amide bonds.